The average Bonchev–Trinajstić information content (AvgIpc) is 2.97. The molecule has 1 aliphatic carbocycles. The Labute approximate surface area is 194 Å². The largest absolute Gasteiger partial charge is 0.450 e. The van der Waals surface area contributed by atoms with Gasteiger partial charge in [-0.15, -0.1) is 0 Å². The van der Waals surface area contributed by atoms with Crippen LogP contribution in [0.4, 0.5) is 13.2 Å². The molecule has 0 amide bonds. The Hall–Kier alpha value is -2.90. The van der Waals surface area contributed by atoms with E-state index in [0.29, 0.717) is 41.4 Å². The van der Waals surface area contributed by atoms with Gasteiger partial charge in [0.1, 0.15) is 0 Å². The zero-order valence-corrected chi connectivity index (χ0v) is 18.3. The van der Waals surface area contributed by atoms with Gasteiger partial charge in [0.25, 0.3) is 0 Å². The standard InChI is InChI=1S/C25H22ClF3N2O2/c26-21-11-18-10-19(13-30-14-20(18)24(33)25(27,28)29)22(21)31-12-15-6-8-17(9-7-15)23(32)16-4-2-1-3-5-16/h1-9,11,18,20,30-31H,10,12-14H2. The Bertz CT molecular complexity index is 1110. The monoisotopic (exact) mass is 474 g/mol. The summed E-state index contributed by atoms with van der Waals surface area (Å²) in [6, 6.07) is 16.2. The van der Waals surface area contributed by atoms with Gasteiger partial charge in [-0.1, -0.05) is 72.3 Å². The van der Waals surface area contributed by atoms with Crippen LogP contribution >= 0.6 is 11.6 Å². The van der Waals surface area contributed by atoms with Crippen LogP contribution in [0.1, 0.15) is 27.9 Å². The highest BCUT2D eigenvalue weighted by molar-refractivity contribution is 6.32. The first kappa shape index (κ1) is 23.3. The molecule has 2 aromatic rings. The Morgan fingerprint density at radius 3 is 2.36 bits per heavy atom. The number of alkyl halides is 3. The number of Topliss-reactive ketones (excluding diaryl/α,β-unsaturated/α-hetero) is 1. The fourth-order valence-electron chi connectivity index (χ4n) is 4.26. The van der Waals surface area contributed by atoms with Crippen LogP contribution in [-0.4, -0.2) is 30.8 Å². The fourth-order valence-corrected chi connectivity index (χ4v) is 4.62. The number of ketones is 2. The van der Waals surface area contributed by atoms with E-state index in [1.807, 2.05) is 30.3 Å². The van der Waals surface area contributed by atoms with Crippen molar-refractivity contribution in [3.8, 4) is 0 Å². The van der Waals surface area contributed by atoms with Crippen molar-refractivity contribution in [1.82, 2.24) is 10.6 Å². The predicted octanol–water partition coefficient (Wildman–Crippen LogP) is 4.75. The van der Waals surface area contributed by atoms with Crippen molar-refractivity contribution in [1.29, 1.82) is 0 Å². The maximum Gasteiger partial charge on any atom is 0.450 e. The summed E-state index contributed by atoms with van der Waals surface area (Å²) in [6.45, 7) is 0.741. The van der Waals surface area contributed by atoms with E-state index in [2.05, 4.69) is 10.6 Å². The zero-order chi connectivity index (χ0) is 23.6. The van der Waals surface area contributed by atoms with E-state index in [1.165, 1.54) is 0 Å². The van der Waals surface area contributed by atoms with Gasteiger partial charge in [-0.2, -0.15) is 13.2 Å². The maximum absolute atomic E-state index is 13.0. The van der Waals surface area contributed by atoms with Gasteiger partial charge < -0.3 is 10.6 Å². The number of fused-ring (bicyclic) bond motifs is 2. The van der Waals surface area contributed by atoms with Crippen LogP contribution in [0.2, 0.25) is 0 Å². The molecule has 4 rings (SSSR count). The van der Waals surface area contributed by atoms with Crippen molar-refractivity contribution in [2.45, 2.75) is 19.1 Å². The van der Waals surface area contributed by atoms with Crippen LogP contribution in [0.15, 0.2) is 77.0 Å². The van der Waals surface area contributed by atoms with Gasteiger partial charge in [0.2, 0.25) is 5.78 Å². The lowest BCUT2D eigenvalue weighted by Crippen LogP contribution is -2.39. The molecule has 1 saturated heterocycles. The molecule has 1 fully saturated rings. The molecule has 4 nitrogen and oxygen atoms in total. The molecule has 2 N–H and O–H groups in total. The van der Waals surface area contributed by atoms with Gasteiger partial charge in [0.15, 0.2) is 5.78 Å². The molecule has 172 valence electrons. The lowest BCUT2D eigenvalue weighted by atomic mass is 9.81. The number of carbonyl (C=O) groups is 2. The van der Waals surface area contributed by atoms with E-state index < -0.39 is 23.8 Å². The minimum Gasteiger partial charge on any atom is -0.380 e. The summed E-state index contributed by atoms with van der Waals surface area (Å²) in [5, 5.41) is 6.55. The highest BCUT2D eigenvalue weighted by Crippen LogP contribution is 2.38. The van der Waals surface area contributed by atoms with Crippen molar-refractivity contribution in [2.75, 3.05) is 13.1 Å². The Balaban J connectivity index is 1.44. The summed E-state index contributed by atoms with van der Waals surface area (Å²) in [5.41, 5.74) is 3.64. The van der Waals surface area contributed by atoms with E-state index in [-0.39, 0.29) is 12.3 Å². The molecule has 2 atom stereocenters. The molecular weight excluding hydrogens is 453 g/mol. The molecule has 33 heavy (non-hydrogen) atoms. The summed E-state index contributed by atoms with van der Waals surface area (Å²) in [6.07, 6.45) is -2.98. The minimum atomic E-state index is -4.87. The van der Waals surface area contributed by atoms with E-state index in [1.54, 1.807) is 30.3 Å². The summed E-state index contributed by atoms with van der Waals surface area (Å²) in [4.78, 5) is 24.4. The third-order valence-electron chi connectivity index (χ3n) is 5.99. The lowest BCUT2D eigenvalue weighted by molar-refractivity contribution is -0.176. The van der Waals surface area contributed by atoms with Crippen LogP contribution < -0.4 is 10.6 Å². The van der Waals surface area contributed by atoms with Gasteiger partial charge in [-0.05, 0) is 23.5 Å². The number of allylic oxidation sites excluding steroid dienone is 2. The average molecular weight is 475 g/mol. The van der Waals surface area contributed by atoms with Gasteiger partial charge in [-0.25, -0.2) is 0 Å². The molecule has 2 aromatic carbocycles. The van der Waals surface area contributed by atoms with Gasteiger partial charge in [0.05, 0.1) is 10.7 Å². The van der Waals surface area contributed by atoms with Gasteiger partial charge >= 0.3 is 6.18 Å². The molecule has 0 spiro atoms. The van der Waals surface area contributed by atoms with Crippen molar-refractivity contribution in [2.24, 2.45) is 11.8 Å². The number of halogens is 4. The van der Waals surface area contributed by atoms with Crippen molar-refractivity contribution >= 4 is 23.2 Å². The van der Waals surface area contributed by atoms with Crippen LogP contribution in [0.5, 0.6) is 0 Å². The maximum atomic E-state index is 13.0. The number of rotatable bonds is 6. The quantitative estimate of drug-likeness (QED) is 0.593. The van der Waals surface area contributed by atoms with Gasteiger partial charge in [-0.3, -0.25) is 9.59 Å². The SMILES string of the molecule is O=C(c1ccccc1)c1ccc(CNC2=C3CNCC(C(=O)C(F)(F)F)C(C=C2Cl)C3)cc1. The third kappa shape index (κ3) is 5.20. The molecule has 2 unspecified atom stereocenters. The Morgan fingerprint density at radius 2 is 1.70 bits per heavy atom. The van der Waals surface area contributed by atoms with Crippen molar-refractivity contribution in [3.05, 3.63) is 93.7 Å². The number of hydrogen-bond donors (Lipinski definition) is 2. The molecule has 0 aromatic heterocycles. The molecule has 1 aliphatic heterocycles. The number of hydrogen-bond acceptors (Lipinski definition) is 4. The summed E-state index contributed by atoms with van der Waals surface area (Å²) in [7, 11) is 0. The van der Waals surface area contributed by atoms with Crippen LogP contribution in [0.3, 0.4) is 0 Å². The molecule has 0 saturated carbocycles. The molecule has 8 heteroatoms. The second-order valence-corrected chi connectivity index (χ2v) is 8.61. The topological polar surface area (TPSA) is 58.2 Å². The minimum absolute atomic E-state index is 0.0443. The summed E-state index contributed by atoms with van der Waals surface area (Å²) >= 11 is 6.42. The third-order valence-corrected chi connectivity index (χ3v) is 6.31. The van der Waals surface area contributed by atoms with E-state index in [9.17, 15) is 22.8 Å². The second-order valence-electron chi connectivity index (χ2n) is 8.21. The molecular formula is C25H22ClF3N2O2. The summed E-state index contributed by atoms with van der Waals surface area (Å²) < 4.78 is 38.9. The molecule has 1 heterocycles. The van der Waals surface area contributed by atoms with Crippen LogP contribution in [0.25, 0.3) is 0 Å². The van der Waals surface area contributed by atoms with E-state index in [0.717, 1.165) is 11.1 Å². The first-order valence-electron chi connectivity index (χ1n) is 10.6. The fraction of sp³-hybridized carbons (Fsp3) is 0.280. The molecule has 0 radical (unpaired) electrons. The first-order valence-corrected chi connectivity index (χ1v) is 11.0. The molecule has 2 bridgehead atoms. The van der Waals surface area contributed by atoms with Crippen LogP contribution in [0, 0.1) is 11.8 Å². The lowest BCUT2D eigenvalue weighted by Gasteiger charge is -2.27. The predicted molar refractivity (Wildman–Crippen MR) is 120 cm³/mol. The van der Waals surface area contributed by atoms with Crippen molar-refractivity contribution in [3.63, 3.8) is 0 Å². The van der Waals surface area contributed by atoms with E-state index >= 15 is 0 Å². The normalized spacial score (nSPS) is 20.7. The highest BCUT2D eigenvalue weighted by Gasteiger charge is 2.47. The summed E-state index contributed by atoms with van der Waals surface area (Å²) in [5.74, 6) is -3.56. The highest BCUT2D eigenvalue weighted by atomic mass is 35.5. The number of benzene rings is 2. The van der Waals surface area contributed by atoms with E-state index in [4.69, 9.17) is 11.6 Å². The van der Waals surface area contributed by atoms with Crippen LogP contribution in [-0.2, 0) is 11.3 Å². The Kier molecular flexibility index (Phi) is 6.72. The Morgan fingerprint density at radius 1 is 1.03 bits per heavy atom. The molecule has 2 aliphatic rings. The van der Waals surface area contributed by atoms with Gasteiger partial charge in [0, 0.05) is 36.7 Å². The van der Waals surface area contributed by atoms with Crippen molar-refractivity contribution < 1.29 is 22.8 Å². The first-order chi connectivity index (χ1) is 15.7. The number of nitrogens with one attached hydrogen (secondary N) is 2. The second kappa shape index (κ2) is 9.53. The number of carbonyl (C=O) groups excluding carboxylic acids is 2. The zero-order valence-electron chi connectivity index (χ0n) is 17.6. The smallest absolute Gasteiger partial charge is 0.380 e.